The predicted octanol–water partition coefficient (Wildman–Crippen LogP) is 0.304. The molecule has 0 saturated heterocycles. The number of carbonyl (C=O) groups is 2. The SMILES string of the molecule is COC(=O)[C@H](CCCC=NCC=O)N=C=O. The monoisotopic (exact) mass is 226 g/mol. The molecule has 0 amide bonds. The summed E-state index contributed by atoms with van der Waals surface area (Å²) in [5.41, 5.74) is 0. The number of hydrogen-bond acceptors (Lipinski definition) is 6. The minimum absolute atomic E-state index is 0.146. The van der Waals surface area contributed by atoms with Crippen LogP contribution in [0.4, 0.5) is 0 Å². The van der Waals surface area contributed by atoms with E-state index in [1.54, 1.807) is 6.21 Å². The lowest BCUT2D eigenvalue weighted by Gasteiger charge is -2.06. The molecule has 88 valence electrons. The molecule has 6 nitrogen and oxygen atoms in total. The summed E-state index contributed by atoms with van der Waals surface area (Å²) in [7, 11) is 1.24. The van der Waals surface area contributed by atoms with Crippen LogP contribution >= 0.6 is 0 Å². The van der Waals surface area contributed by atoms with E-state index in [1.165, 1.54) is 13.2 Å². The first-order valence-electron chi connectivity index (χ1n) is 4.83. The Hall–Kier alpha value is -1.81. The van der Waals surface area contributed by atoms with Crippen molar-refractivity contribution in [3.8, 4) is 0 Å². The Morgan fingerprint density at radius 2 is 2.31 bits per heavy atom. The van der Waals surface area contributed by atoms with Crippen LogP contribution in [0.5, 0.6) is 0 Å². The smallest absolute Gasteiger partial charge is 0.331 e. The number of hydrogen-bond donors (Lipinski definition) is 0. The first-order valence-corrected chi connectivity index (χ1v) is 4.83. The van der Waals surface area contributed by atoms with Crippen molar-refractivity contribution in [1.82, 2.24) is 0 Å². The summed E-state index contributed by atoms with van der Waals surface area (Å²) < 4.78 is 4.47. The van der Waals surface area contributed by atoms with E-state index < -0.39 is 12.0 Å². The number of unbranched alkanes of at least 4 members (excludes halogenated alkanes) is 1. The topological polar surface area (TPSA) is 85.2 Å². The average molecular weight is 226 g/mol. The molecule has 0 rings (SSSR count). The normalized spacial score (nSPS) is 11.8. The molecule has 0 unspecified atom stereocenters. The van der Waals surface area contributed by atoms with Gasteiger partial charge in [-0.1, -0.05) is 0 Å². The lowest BCUT2D eigenvalue weighted by atomic mass is 10.1. The fourth-order valence-electron chi connectivity index (χ4n) is 1.05. The molecule has 1 atom stereocenters. The number of nitrogens with zero attached hydrogens (tertiary/aromatic N) is 2. The van der Waals surface area contributed by atoms with E-state index in [1.807, 2.05) is 0 Å². The van der Waals surface area contributed by atoms with Crippen molar-refractivity contribution >= 4 is 24.6 Å². The highest BCUT2D eigenvalue weighted by molar-refractivity contribution is 5.76. The number of ether oxygens (including phenoxy) is 1. The Bertz CT molecular complexity index is 295. The summed E-state index contributed by atoms with van der Waals surface area (Å²) in [5, 5.41) is 0. The standard InChI is InChI=1S/C10H14N2O4/c1-16-10(15)9(12-8-14)4-2-3-5-11-6-7-13/h5,7,9H,2-4,6H2,1H3/t9-/m0/s1. The van der Waals surface area contributed by atoms with Gasteiger partial charge in [0.15, 0.2) is 6.04 Å². The highest BCUT2D eigenvalue weighted by Gasteiger charge is 2.16. The molecule has 0 aromatic carbocycles. The van der Waals surface area contributed by atoms with Crippen LogP contribution < -0.4 is 0 Å². The number of esters is 1. The molecule has 0 aromatic rings. The summed E-state index contributed by atoms with van der Waals surface area (Å²) in [6.07, 6.45) is 5.29. The Kier molecular flexibility index (Phi) is 8.63. The second kappa shape index (κ2) is 9.73. The van der Waals surface area contributed by atoms with Gasteiger partial charge in [0.05, 0.1) is 13.7 Å². The van der Waals surface area contributed by atoms with Crippen LogP contribution in [0, 0.1) is 0 Å². The third-order valence-corrected chi connectivity index (χ3v) is 1.80. The first-order chi connectivity index (χ1) is 7.76. The zero-order valence-electron chi connectivity index (χ0n) is 9.09. The van der Waals surface area contributed by atoms with Crippen LogP contribution in [0.3, 0.4) is 0 Å². The largest absolute Gasteiger partial charge is 0.467 e. The summed E-state index contributed by atoms with van der Waals surface area (Å²) in [5.74, 6) is -0.548. The van der Waals surface area contributed by atoms with Crippen LogP contribution in [-0.2, 0) is 19.1 Å². The van der Waals surface area contributed by atoms with Crippen LogP contribution in [0.1, 0.15) is 19.3 Å². The van der Waals surface area contributed by atoms with E-state index in [0.29, 0.717) is 25.5 Å². The number of aliphatic imine (C=N–C) groups is 2. The van der Waals surface area contributed by atoms with Crippen molar-refractivity contribution in [1.29, 1.82) is 0 Å². The summed E-state index contributed by atoms with van der Waals surface area (Å²) in [4.78, 5) is 38.2. The number of carbonyl (C=O) groups excluding carboxylic acids is 3. The molecule has 0 spiro atoms. The lowest BCUT2D eigenvalue weighted by Crippen LogP contribution is -2.19. The molecule has 0 bridgehead atoms. The molecule has 0 aliphatic heterocycles. The lowest BCUT2D eigenvalue weighted by molar-refractivity contribution is -0.142. The van der Waals surface area contributed by atoms with Gasteiger partial charge in [-0.3, -0.25) is 4.99 Å². The van der Waals surface area contributed by atoms with E-state index in [0.717, 1.165) is 0 Å². The number of isocyanates is 1. The molecule has 6 heteroatoms. The third kappa shape index (κ3) is 6.62. The van der Waals surface area contributed by atoms with Crippen molar-refractivity contribution in [3.63, 3.8) is 0 Å². The summed E-state index contributed by atoms with van der Waals surface area (Å²) in [6.45, 7) is 0.146. The van der Waals surface area contributed by atoms with Gasteiger partial charge in [-0.15, -0.1) is 0 Å². The highest BCUT2D eigenvalue weighted by Crippen LogP contribution is 2.05. The molecule has 0 aromatic heterocycles. The maximum atomic E-state index is 11.1. The molecule has 16 heavy (non-hydrogen) atoms. The second-order valence-corrected chi connectivity index (χ2v) is 2.90. The van der Waals surface area contributed by atoms with Crippen LogP contribution in [0.2, 0.25) is 0 Å². The Labute approximate surface area is 93.4 Å². The third-order valence-electron chi connectivity index (χ3n) is 1.80. The molecule has 0 saturated carbocycles. The number of methoxy groups -OCH3 is 1. The molecular weight excluding hydrogens is 212 g/mol. The van der Waals surface area contributed by atoms with Crippen LogP contribution in [-0.4, -0.2) is 44.2 Å². The number of aldehydes is 1. The molecular formula is C10H14N2O4. The Morgan fingerprint density at radius 3 is 2.88 bits per heavy atom. The van der Waals surface area contributed by atoms with Gasteiger partial charge in [-0.05, 0) is 25.5 Å². The van der Waals surface area contributed by atoms with Crippen LogP contribution in [0.15, 0.2) is 9.98 Å². The van der Waals surface area contributed by atoms with Gasteiger partial charge in [0.25, 0.3) is 0 Å². The quantitative estimate of drug-likeness (QED) is 0.196. The molecule has 0 aliphatic carbocycles. The summed E-state index contributed by atoms with van der Waals surface area (Å²) >= 11 is 0. The van der Waals surface area contributed by atoms with E-state index in [2.05, 4.69) is 14.7 Å². The van der Waals surface area contributed by atoms with Gasteiger partial charge in [-0.25, -0.2) is 9.59 Å². The minimum Gasteiger partial charge on any atom is -0.467 e. The average Bonchev–Trinajstić information content (AvgIpc) is 2.31. The van der Waals surface area contributed by atoms with Crippen molar-refractivity contribution in [2.45, 2.75) is 25.3 Å². The van der Waals surface area contributed by atoms with Crippen LogP contribution in [0.25, 0.3) is 0 Å². The van der Waals surface area contributed by atoms with Gasteiger partial charge in [0, 0.05) is 0 Å². The minimum atomic E-state index is -0.790. The van der Waals surface area contributed by atoms with Crippen molar-refractivity contribution in [2.24, 2.45) is 9.98 Å². The van der Waals surface area contributed by atoms with E-state index in [9.17, 15) is 14.4 Å². The Balaban J connectivity index is 3.89. The zero-order chi connectivity index (χ0) is 12.2. The maximum absolute atomic E-state index is 11.1. The second-order valence-electron chi connectivity index (χ2n) is 2.90. The van der Waals surface area contributed by atoms with E-state index in [4.69, 9.17) is 0 Å². The van der Waals surface area contributed by atoms with Gasteiger partial charge in [-0.2, -0.15) is 4.99 Å². The fourth-order valence-corrected chi connectivity index (χ4v) is 1.05. The number of rotatable bonds is 8. The van der Waals surface area contributed by atoms with Crippen molar-refractivity contribution in [2.75, 3.05) is 13.7 Å². The molecule has 0 heterocycles. The molecule has 0 aliphatic rings. The molecule has 0 fully saturated rings. The van der Waals surface area contributed by atoms with Gasteiger partial charge in [0.2, 0.25) is 6.08 Å². The fraction of sp³-hybridized carbons (Fsp3) is 0.600. The zero-order valence-corrected chi connectivity index (χ0v) is 9.09. The first kappa shape index (κ1) is 14.2. The van der Waals surface area contributed by atoms with Crippen molar-refractivity contribution in [3.05, 3.63) is 0 Å². The molecule has 0 radical (unpaired) electrons. The Morgan fingerprint density at radius 1 is 1.56 bits per heavy atom. The summed E-state index contributed by atoms with van der Waals surface area (Å²) in [6, 6.07) is -0.790. The maximum Gasteiger partial charge on any atom is 0.331 e. The predicted molar refractivity (Wildman–Crippen MR) is 57.2 cm³/mol. The van der Waals surface area contributed by atoms with E-state index >= 15 is 0 Å². The van der Waals surface area contributed by atoms with Gasteiger partial charge >= 0.3 is 5.97 Å². The van der Waals surface area contributed by atoms with E-state index in [-0.39, 0.29) is 6.54 Å². The van der Waals surface area contributed by atoms with Gasteiger partial charge < -0.3 is 9.53 Å². The highest BCUT2D eigenvalue weighted by atomic mass is 16.5. The van der Waals surface area contributed by atoms with Gasteiger partial charge in [0.1, 0.15) is 6.29 Å². The van der Waals surface area contributed by atoms with Crippen molar-refractivity contribution < 1.29 is 19.1 Å². The molecule has 0 N–H and O–H groups in total.